The summed E-state index contributed by atoms with van der Waals surface area (Å²) in [5, 5.41) is 32.4. The van der Waals surface area contributed by atoms with Crippen molar-refractivity contribution in [3.63, 3.8) is 0 Å². The number of nitrogens with zero attached hydrogens (tertiary/aromatic N) is 2. The molecule has 4 N–H and O–H groups in total. The number of carbonyl (C=O) groups is 2. The fourth-order valence-electron chi connectivity index (χ4n) is 8.38. The molecular weight excluding hydrogens is 538 g/mol. The van der Waals surface area contributed by atoms with Crippen LogP contribution in [-0.2, 0) is 32.6 Å². The molecular formula is C32H41N3O7. The number of phenolic OH excluding ortho intramolecular Hbond substituents is 2. The lowest BCUT2D eigenvalue weighted by molar-refractivity contribution is -0.207. The topological polar surface area (TPSA) is 132 Å². The minimum absolute atomic E-state index is 0.0236. The quantitative estimate of drug-likeness (QED) is 0.331. The number of ether oxygens (including phenoxy) is 2. The molecule has 42 heavy (non-hydrogen) atoms. The second-order valence-corrected chi connectivity index (χ2v) is 12.9. The van der Waals surface area contributed by atoms with Crippen LogP contribution in [0.4, 0.5) is 0 Å². The molecule has 2 bridgehead atoms. The molecule has 10 nitrogen and oxygen atoms in total. The van der Waals surface area contributed by atoms with Gasteiger partial charge in [0.05, 0.1) is 17.1 Å². The van der Waals surface area contributed by atoms with Gasteiger partial charge < -0.3 is 29.7 Å². The lowest BCUT2D eigenvalue weighted by atomic mass is 9.48. The Balaban J connectivity index is 1.41. The molecule has 1 amide bonds. The van der Waals surface area contributed by atoms with Crippen molar-refractivity contribution in [2.75, 3.05) is 20.7 Å². The fourth-order valence-corrected chi connectivity index (χ4v) is 8.38. The van der Waals surface area contributed by atoms with E-state index < -0.39 is 35.2 Å². The number of amides is 1. The molecule has 0 radical (unpaired) electrons. The minimum Gasteiger partial charge on any atom is -0.508 e. The van der Waals surface area contributed by atoms with Gasteiger partial charge in [-0.2, -0.15) is 0 Å². The largest absolute Gasteiger partial charge is 0.508 e. The number of carbonyl (C=O) groups excluding carboxylic acids is 1. The van der Waals surface area contributed by atoms with Gasteiger partial charge >= 0.3 is 5.97 Å². The number of likely N-dealkylation sites (tertiary alicyclic amines) is 1. The Morgan fingerprint density at radius 3 is 2.57 bits per heavy atom. The van der Waals surface area contributed by atoms with Crippen LogP contribution in [0.5, 0.6) is 17.2 Å². The van der Waals surface area contributed by atoms with Crippen LogP contribution in [0.3, 0.4) is 0 Å². The predicted octanol–water partition coefficient (Wildman–Crippen LogP) is 2.98. The van der Waals surface area contributed by atoms with Gasteiger partial charge in [0.15, 0.2) is 11.5 Å². The first kappa shape index (κ1) is 28.8. The number of phenols is 2. The summed E-state index contributed by atoms with van der Waals surface area (Å²) >= 11 is 0. The third kappa shape index (κ3) is 4.18. The van der Waals surface area contributed by atoms with Gasteiger partial charge in [-0.05, 0) is 74.5 Å². The number of methoxy groups -OCH3 is 1. The van der Waals surface area contributed by atoms with Crippen molar-refractivity contribution in [1.29, 1.82) is 0 Å². The summed E-state index contributed by atoms with van der Waals surface area (Å²) < 4.78 is 13.2. The van der Waals surface area contributed by atoms with Gasteiger partial charge in [-0.15, -0.1) is 0 Å². The van der Waals surface area contributed by atoms with Crippen molar-refractivity contribution in [3.8, 4) is 17.2 Å². The Kier molecular flexibility index (Phi) is 7.14. The van der Waals surface area contributed by atoms with Crippen molar-refractivity contribution in [1.82, 2.24) is 15.3 Å². The molecule has 2 aliphatic heterocycles. The summed E-state index contributed by atoms with van der Waals surface area (Å²) in [6.07, 6.45) is 2.57. The van der Waals surface area contributed by atoms with Crippen molar-refractivity contribution in [3.05, 3.63) is 53.1 Å². The third-order valence-corrected chi connectivity index (χ3v) is 10.2. The molecule has 2 aliphatic carbocycles. The number of aromatic hydroxyl groups is 2. The number of rotatable bonds is 9. The van der Waals surface area contributed by atoms with Gasteiger partial charge in [0, 0.05) is 31.6 Å². The molecule has 1 spiro atoms. The van der Waals surface area contributed by atoms with E-state index in [1.165, 1.54) is 17.1 Å². The second-order valence-electron chi connectivity index (χ2n) is 12.9. The lowest BCUT2D eigenvalue weighted by Gasteiger charge is -2.65. The first-order valence-electron chi connectivity index (χ1n) is 14.9. The number of hydrazine groups is 1. The molecule has 2 aromatic carbocycles. The molecule has 6 rings (SSSR count). The van der Waals surface area contributed by atoms with Gasteiger partial charge in [-0.25, -0.2) is 10.2 Å². The van der Waals surface area contributed by atoms with Crippen LogP contribution >= 0.6 is 0 Å². The van der Waals surface area contributed by atoms with Crippen molar-refractivity contribution in [2.24, 2.45) is 5.92 Å². The first-order valence-corrected chi connectivity index (χ1v) is 14.9. The maximum atomic E-state index is 13.7. The van der Waals surface area contributed by atoms with Gasteiger partial charge in [0.2, 0.25) is 5.91 Å². The molecule has 0 aromatic heterocycles. The highest BCUT2D eigenvalue weighted by atomic mass is 16.5. The van der Waals surface area contributed by atoms with Crippen molar-refractivity contribution in [2.45, 2.75) is 87.6 Å². The number of carboxylic acids is 1. The average Bonchev–Trinajstić information content (AvgIpc) is 3.31. The third-order valence-electron chi connectivity index (χ3n) is 10.2. The van der Waals surface area contributed by atoms with Crippen LogP contribution in [0.15, 0.2) is 36.4 Å². The molecule has 6 atom stereocenters. The van der Waals surface area contributed by atoms with Gasteiger partial charge in [0.1, 0.15) is 17.9 Å². The molecule has 2 aromatic rings. The van der Waals surface area contributed by atoms with E-state index in [1.807, 2.05) is 19.9 Å². The summed E-state index contributed by atoms with van der Waals surface area (Å²) in [5.74, 6) is -0.752. The Morgan fingerprint density at radius 1 is 1.17 bits per heavy atom. The molecule has 2 heterocycles. The van der Waals surface area contributed by atoms with E-state index in [0.717, 1.165) is 30.5 Å². The fraction of sp³-hybridized carbons (Fsp3) is 0.562. The van der Waals surface area contributed by atoms with E-state index in [9.17, 15) is 24.9 Å². The Morgan fingerprint density at radius 2 is 1.90 bits per heavy atom. The molecule has 226 valence electrons. The maximum Gasteiger partial charge on any atom is 0.328 e. The monoisotopic (exact) mass is 579 g/mol. The summed E-state index contributed by atoms with van der Waals surface area (Å²) in [6.45, 7) is 4.69. The summed E-state index contributed by atoms with van der Waals surface area (Å²) in [4.78, 5) is 28.8. The normalized spacial score (nSPS) is 30.0. The highest BCUT2D eigenvalue weighted by Gasteiger charge is 2.73. The van der Waals surface area contributed by atoms with Gasteiger partial charge in [0.25, 0.3) is 0 Å². The number of aliphatic carboxylic acids is 1. The van der Waals surface area contributed by atoms with Gasteiger partial charge in [-0.1, -0.05) is 32.0 Å². The van der Waals surface area contributed by atoms with E-state index in [1.54, 1.807) is 25.3 Å². The number of carboxylic acid groups (broad SMARTS) is 1. The first-order chi connectivity index (χ1) is 20.0. The number of hydrogen-bond donors (Lipinski definition) is 4. The Labute approximate surface area is 246 Å². The minimum atomic E-state index is -1.18. The summed E-state index contributed by atoms with van der Waals surface area (Å²) in [5.41, 5.74) is 5.10. The highest BCUT2D eigenvalue weighted by Crippen LogP contribution is 2.66. The number of hydrogen-bond acceptors (Lipinski definition) is 8. The van der Waals surface area contributed by atoms with E-state index >= 15 is 0 Å². The van der Waals surface area contributed by atoms with Crippen molar-refractivity contribution >= 4 is 11.9 Å². The van der Waals surface area contributed by atoms with Crippen LogP contribution in [0.1, 0.15) is 56.2 Å². The highest BCUT2D eigenvalue weighted by molar-refractivity contribution is 5.83. The zero-order valence-electron chi connectivity index (χ0n) is 24.7. The molecule has 2 fully saturated rings. The Hall–Kier alpha value is -3.34. The van der Waals surface area contributed by atoms with Crippen LogP contribution in [0, 0.1) is 5.92 Å². The maximum absolute atomic E-state index is 13.7. The van der Waals surface area contributed by atoms with E-state index in [-0.39, 0.29) is 42.2 Å². The molecule has 4 aliphatic rings. The second kappa shape index (κ2) is 10.4. The van der Waals surface area contributed by atoms with Crippen LogP contribution in [-0.4, -0.2) is 87.6 Å². The number of benzene rings is 2. The van der Waals surface area contributed by atoms with Crippen LogP contribution < -0.4 is 10.2 Å². The smallest absolute Gasteiger partial charge is 0.328 e. The Bertz CT molecular complexity index is 1380. The average molecular weight is 580 g/mol. The lowest BCUT2D eigenvalue weighted by Crippen LogP contribution is -2.79. The summed E-state index contributed by atoms with van der Waals surface area (Å²) in [6, 6.07) is 8.57. The zero-order valence-corrected chi connectivity index (χ0v) is 24.7. The SMILES string of the molecule is CO[C@@]12CCC(NN(C(=O)CC(C)C)[C@@H](Cc3ccc(O)cc3)C(=O)O)C3Oc4c(O)ccc5c4[C@@]31CCN(C)[C@@H]2C5. The van der Waals surface area contributed by atoms with Crippen molar-refractivity contribution < 1.29 is 34.4 Å². The summed E-state index contributed by atoms with van der Waals surface area (Å²) in [7, 11) is 3.90. The number of piperidine rings is 1. The van der Waals surface area contributed by atoms with E-state index in [2.05, 4.69) is 17.4 Å². The molecule has 10 heteroatoms. The molecule has 1 saturated carbocycles. The predicted molar refractivity (Wildman–Crippen MR) is 154 cm³/mol. The molecule has 2 unspecified atom stereocenters. The standard InChI is InChI=1S/C32H41N3O7/c1-18(2)15-26(38)35(23(30(39)40)16-19-5-8-21(36)9-6-19)33-22-11-12-32(41-4)25-17-20-7-10-24(37)28-27(20)31(32,29(22)42-28)13-14-34(25)3/h5-10,18,22-23,25,29,33,36-37H,11-17H2,1-4H3,(H,39,40)/t22?,23-,25+,29?,31-,32+/m0/s1. The van der Waals surface area contributed by atoms with E-state index in [4.69, 9.17) is 9.47 Å². The number of nitrogens with one attached hydrogen (secondary N) is 1. The van der Waals surface area contributed by atoms with E-state index in [0.29, 0.717) is 24.2 Å². The van der Waals surface area contributed by atoms with Crippen LogP contribution in [0.25, 0.3) is 0 Å². The zero-order chi connectivity index (χ0) is 30.0. The molecule has 1 saturated heterocycles. The van der Waals surface area contributed by atoms with Gasteiger partial charge in [-0.3, -0.25) is 9.80 Å². The number of likely N-dealkylation sites (N-methyl/N-ethyl adjacent to an activating group) is 1. The van der Waals surface area contributed by atoms with Crippen LogP contribution in [0.2, 0.25) is 0 Å².